The summed E-state index contributed by atoms with van der Waals surface area (Å²) in [6, 6.07) is 11.8. The number of aromatic amines is 1. The summed E-state index contributed by atoms with van der Waals surface area (Å²) < 4.78 is 14.6. The van der Waals surface area contributed by atoms with Gasteiger partial charge in [0.05, 0.1) is 11.0 Å². The fourth-order valence-electron chi connectivity index (χ4n) is 3.66. The summed E-state index contributed by atoms with van der Waals surface area (Å²) in [4.78, 5) is 29.4. The van der Waals surface area contributed by atoms with E-state index in [9.17, 15) is 14.0 Å². The number of H-pyrrole nitrogens is 1. The highest BCUT2D eigenvalue weighted by molar-refractivity contribution is 5.91. The predicted molar refractivity (Wildman–Crippen MR) is 108 cm³/mol. The first-order chi connectivity index (χ1) is 13.5. The van der Waals surface area contributed by atoms with Crippen molar-refractivity contribution in [3.05, 3.63) is 58.8 Å². The number of amides is 1. The average molecular weight is 382 g/mol. The Morgan fingerprint density at radius 3 is 2.61 bits per heavy atom. The van der Waals surface area contributed by atoms with Gasteiger partial charge in [0.25, 0.3) is 0 Å². The van der Waals surface area contributed by atoms with Crippen molar-refractivity contribution in [3.63, 3.8) is 0 Å². The fraction of sp³-hybridized carbons (Fsp3) is 0.333. The summed E-state index contributed by atoms with van der Waals surface area (Å²) >= 11 is 0. The molecule has 2 aromatic carbocycles. The zero-order valence-corrected chi connectivity index (χ0v) is 15.7. The van der Waals surface area contributed by atoms with Crippen LogP contribution in [0.3, 0.4) is 0 Å². The molecule has 2 N–H and O–H groups in total. The van der Waals surface area contributed by atoms with Gasteiger partial charge in [-0.3, -0.25) is 9.36 Å². The highest BCUT2D eigenvalue weighted by Gasteiger charge is 2.16. The van der Waals surface area contributed by atoms with Crippen LogP contribution in [0.2, 0.25) is 0 Å². The maximum Gasteiger partial charge on any atom is 0.326 e. The molecule has 1 amide bonds. The second-order valence-corrected chi connectivity index (χ2v) is 7.44. The molecule has 1 aliphatic heterocycles. The third kappa shape index (κ3) is 3.78. The molecule has 7 heteroatoms. The summed E-state index contributed by atoms with van der Waals surface area (Å²) in [5, 5.41) is 2.82. The molecule has 0 saturated carbocycles. The Kier molecular flexibility index (Phi) is 4.90. The van der Waals surface area contributed by atoms with E-state index in [4.69, 9.17) is 0 Å². The van der Waals surface area contributed by atoms with Crippen LogP contribution in [0.25, 0.3) is 11.0 Å². The van der Waals surface area contributed by atoms with Gasteiger partial charge in [0.1, 0.15) is 12.4 Å². The highest BCUT2D eigenvalue weighted by atomic mass is 19.1. The number of nitrogens with one attached hydrogen (secondary N) is 2. The van der Waals surface area contributed by atoms with Crippen LogP contribution in [0.4, 0.5) is 15.8 Å². The molecule has 0 unspecified atom stereocenters. The summed E-state index contributed by atoms with van der Waals surface area (Å²) in [7, 11) is 0. The third-order valence-corrected chi connectivity index (χ3v) is 5.34. The van der Waals surface area contributed by atoms with Gasteiger partial charge in [-0.15, -0.1) is 0 Å². The van der Waals surface area contributed by atoms with Crippen LogP contribution in [-0.2, 0) is 11.3 Å². The van der Waals surface area contributed by atoms with Gasteiger partial charge in [0, 0.05) is 24.5 Å². The van der Waals surface area contributed by atoms with Gasteiger partial charge in [-0.25, -0.2) is 9.18 Å². The van der Waals surface area contributed by atoms with Crippen molar-refractivity contribution in [2.45, 2.75) is 26.3 Å². The third-order valence-electron chi connectivity index (χ3n) is 5.34. The van der Waals surface area contributed by atoms with E-state index in [0.29, 0.717) is 16.7 Å². The van der Waals surface area contributed by atoms with Crippen LogP contribution in [0.5, 0.6) is 0 Å². The standard InChI is InChI=1S/C21H23FN4O2/c1-14-8-10-25(11-9-14)17-5-3-16(4-6-17)23-20(27)13-26-19-7-2-15(22)12-18(19)24-21(26)28/h2-7,12,14H,8-11,13H2,1H3,(H,23,27)(H,24,28). The molecule has 1 aliphatic rings. The van der Waals surface area contributed by atoms with Crippen LogP contribution in [0.15, 0.2) is 47.3 Å². The van der Waals surface area contributed by atoms with E-state index in [1.54, 1.807) is 0 Å². The van der Waals surface area contributed by atoms with Gasteiger partial charge in [0.2, 0.25) is 5.91 Å². The average Bonchev–Trinajstić information content (AvgIpc) is 2.97. The number of hydrogen-bond acceptors (Lipinski definition) is 3. The molecule has 28 heavy (non-hydrogen) atoms. The number of aromatic nitrogens is 2. The lowest BCUT2D eigenvalue weighted by Crippen LogP contribution is -2.32. The van der Waals surface area contributed by atoms with Gasteiger partial charge in [0.15, 0.2) is 0 Å². The van der Waals surface area contributed by atoms with E-state index in [1.165, 1.54) is 35.6 Å². The minimum absolute atomic E-state index is 0.143. The smallest absolute Gasteiger partial charge is 0.326 e. The van der Waals surface area contributed by atoms with Crippen LogP contribution >= 0.6 is 0 Å². The maximum atomic E-state index is 13.3. The Morgan fingerprint density at radius 2 is 1.89 bits per heavy atom. The second kappa shape index (κ2) is 7.50. The quantitative estimate of drug-likeness (QED) is 0.727. The summed E-state index contributed by atoms with van der Waals surface area (Å²) in [6.07, 6.45) is 2.39. The summed E-state index contributed by atoms with van der Waals surface area (Å²) in [6.45, 7) is 4.25. The normalized spacial score (nSPS) is 15.1. The first-order valence-electron chi connectivity index (χ1n) is 9.52. The SMILES string of the molecule is CC1CCN(c2ccc(NC(=O)Cn3c(=O)[nH]c4cc(F)ccc43)cc2)CC1. The largest absolute Gasteiger partial charge is 0.372 e. The van der Waals surface area contributed by atoms with E-state index in [0.717, 1.165) is 24.7 Å². The number of fused-ring (bicyclic) bond motifs is 1. The van der Waals surface area contributed by atoms with Crippen molar-refractivity contribution in [1.82, 2.24) is 9.55 Å². The number of piperidine rings is 1. The van der Waals surface area contributed by atoms with Crippen LogP contribution in [0, 0.1) is 11.7 Å². The molecular formula is C21H23FN4O2. The molecule has 1 aromatic heterocycles. The molecule has 0 atom stereocenters. The number of hydrogen-bond donors (Lipinski definition) is 2. The second-order valence-electron chi connectivity index (χ2n) is 7.44. The van der Waals surface area contributed by atoms with E-state index >= 15 is 0 Å². The Bertz CT molecular complexity index is 1050. The van der Waals surface area contributed by atoms with Crippen LogP contribution in [0.1, 0.15) is 19.8 Å². The van der Waals surface area contributed by atoms with Crippen LogP contribution < -0.4 is 15.9 Å². The van der Waals surface area contributed by atoms with E-state index in [2.05, 4.69) is 22.1 Å². The molecule has 2 heterocycles. The van der Waals surface area contributed by atoms with Crippen LogP contribution in [-0.4, -0.2) is 28.5 Å². The molecule has 0 bridgehead atoms. The van der Waals surface area contributed by atoms with Gasteiger partial charge < -0.3 is 15.2 Å². The molecule has 0 radical (unpaired) electrons. The zero-order chi connectivity index (χ0) is 19.7. The minimum Gasteiger partial charge on any atom is -0.372 e. The monoisotopic (exact) mass is 382 g/mol. The Morgan fingerprint density at radius 1 is 1.18 bits per heavy atom. The van der Waals surface area contributed by atoms with Crippen molar-refractivity contribution >= 4 is 28.3 Å². The first kappa shape index (κ1) is 18.3. The molecule has 1 fully saturated rings. The van der Waals surface area contributed by atoms with E-state index < -0.39 is 11.5 Å². The van der Waals surface area contributed by atoms with Gasteiger partial charge in [-0.2, -0.15) is 0 Å². The topological polar surface area (TPSA) is 70.1 Å². The molecule has 1 saturated heterocycles. The van der Waals surface area contributed by atoms with Crippen molar-refractivity contribution in [2.75, 3.05) is 23.3 Å². The Hall–Kier alpha value is -3.09. The van der Waals surface area contributed by atoms with Gasteiger partial charge >= 0.3 is 5.69 Å². The number of nitrogens with zero attached hydrogens (tertiary/aromatic N) is 2. The molecule has 4 rings (SSSR count). The molecule has 146 valence electrons. The number of halogens is 1. The van der Waals surface area contributed by atoms with Crippen molar-refractivity contribution in [3.8, 4) is 0 Å². The number of benzene rings is 2. The lowest BCUT2D eigenvalue weighted by molar-refractivity contribution is -0.116. The Labute approximate surface area is 162 Å². The molecule has 0 aliphatic carbocycles. The van der Waals surface area contributed by atoms with Crippen molar-refractivity contribution in [2.24, 2.45) is 5.92 Å². The summed E-state index contributed by atoms with van der Waals surface area (Å²) in [5.41, 5.74) is 2.26. The lowest BCUT2D eigenvalue weighted by atomic mass is 9.99. The number of anilines is 2. The maximum absolute atomic E-state index is 13.3. The molecular weight excluding hydrogens is 359 g/mol. The number of carbonyl (C=O) groups is 1. The van der Waals surface area contributed by atoms with Gasteiger partial charge in [-0.1, -0.05) is 6.92 Å². The molecule has 0 spiro atoms. The predicted octanol–water partition coefficient (Wildman–Crippen LogP) is 3.34. The number of carbonyl (C=O) groups excluding carboxylic acids is 1. The van der Waals surface area contributed by atoms with E-state index in [1.807, 2.05) is 24.3 Å². The minimum atomic E-state index is -0.439. The summed E-state index contributed by atoms with van der Waals surface area (Å²) in [5.74, 6) is 0.0275. The zero-order valence-electron chi connectivity index (χ0n) is 15.7. The number of imidazole rings is 1. The highest BCUT2D eigenvalue weighted by Crippen LogP contribution is 2.24. The molecule has 6 nitrogen and oxygen atoms in total. The lowest BCUT2D eigenvalue weighted by Gasteiger charge is -2.32. The first-order valence-corrected chi connectivity index (χ1v) is 9.52. The van der Waals surface area contributed by atoms with Crippen molar-refractivity contribution in [1.29, 1.82) is 0 Å². The fourth-order valence-corrected chi connectivity index (χ4v) is 3.66. The van der Waals surface area contributed by atoms with Gasteiger partial charge in [-0.05, 0) is 61.2 Å². The van der Waals surface area contributed by atoms with E-state index in [-0.39, 0.29) is 12.5 Å². The Balaban J connectivity index is 1.43. The number of rotatable bonds is 4. The van der Waals surface area contributed by atoms with Crippen molar-refractivity contribution < 1.29 is 9.18 Å². The molecule has 3 aromatic rings.